The van der Waals surface area contributed by atoms with Gasteiger partial charge in [-0.2, -0.15) is 0 Å². The van der Waals surface area contributed by atoms with Gasteiger partial charge in [0.25, 0.3) is 0 Å². The number of benzene rings is 4. The van der Waals surface area contributed by atoms with Gasteiger partial charge in [0.2, 0.25) is 5.90 Å². The summed E-state index contributed by atoms with van der Waals surface area (Å²) in [6.07, 6.45) is 0.164. The molecule has 5 heteroatoms. The number of pyridine rings is 1. The molecule has 0 bridgehead atoms. The van der Waals surface area contributed by atoms with Crippen LogP contribution < -0.4 is 4.74 Å². The molecular formula is C44H45N3O2. The molecule has 5 nitrogen and oxygen atoms in total. The van der Waals surface area contributed by atoms with Crippen LogP contribution in [-0.4, -0.2) is 21.6 Å². The summed E-state index contributed by atoms with van der Waals surface area (Å²) in [6.45, 7) is 19.1. The molecule has 2 aromatic heterocycles. The van der Waals surface area contributed by atoms with Gasteiger partial charge in [0.05, 0.1) is 11.2 Å². The van der Waals surface area contributed by atoms with Crippen LogP contribution in [0.25, 0.3) is 27.6 Å². The Morgan fingerprint density at radius 2 is 1.71 bits per heavy atom. The second-order valence-corrected chi connectivity index (χ2v) is 15.2. The van der Waals surface area contributed by atoms with E-state index in [4.69, 9.17) is 22.2 Å². The molecule has 49 heavy (non-hydrogen) atoms. The monoisotopic (exact) mass is 649 g/mol. The Kier molecular flexibility index (Phi) is 6.56. The summed E-state index contributed by atoms with van der Waals surface area (Å²) in [5.41, 5.74) is 11.3. The van der Waals surface area contributed by atoms with Gasteiger partial charge in [0.15, 0.2) is 0 Å². The van der Waals surface area contributed by atoms with E-state index < -0.39 is 18.0 Å². The summed E-state index contributed by atoms with van der Waals surface area (Å²) in [4.78, 5) is 10.1. The smallest absolute Gasteiger partial charge is 0.217 e. The second kappa shape index (κ2) is 11.1. The number of aryl methyl sites for hydroxylation is 4. The maximum Gasteiger partial charge on any atom is 0.217 e. The fourth-order valence-corrected chi connectivity index (χ4v) is 7.61. The minimum atomic E-state index is -1.51. The van der Waals surface area contributed by atoms with Crippen molar-refractivity contribution in [3.63, 3.8) is 0 Å². The molecule has 0 fully saturated rings. The number of aliphatic imine (C=N–C) groups is 1. The van der Waals surface area contributed by atoms with Crippen LogP contribution >= 0.6 is 0 Å². The SMILES string of the molecule is [2H]C1([2H])C[C@@H]2OC(c3cc(Oc4cc(C)cc(-n5c6ccc(C(C)(C)C)cc6c6cccnc65)c4)c(C)cc3C)=N[C@]2(C)c2ccc(C)c(C)c21. The van der Waals surface area contributed by atoms with Crippen molar-refractivity contribution in [3.8, 4) is 17.2 Å². The number of aromatic nitrogens is 2. The third-order valence-electron chi connectivity index (χ3n) is 10.6. The fourth-order valence-electron chi connectivity index (χ4n) is 7.61. The summed E-state index contributed by atoms with van der Waals surface area (Å²) in [5, 5.41) is 2.30. The zero-order chi connectivity index (χ0) is 36.2. The number of ether oxygens (including phenoxy) is 2. The van der Waals surface area contributed by atoms with Crippen molar-refractivity contribution in [2.75, 3.05) is 0 Å². The van der Waals surface area contributed by atoms with Crippen LogP contribution in [0.15, 0.2) is 84.0 Å². The molecular weight excluding hydrogens is 603 g/mol. The summed E-state index contributed by atoms with van der Waals surface area (Å²) < 4.78 is 33.6. The predicted octanol–water partition coefficient (Wildman–Crippen LogP) is 10.8. The molecule has 0 amide bonds. The lowest BCUT2D eigenvalue weighted by Gasteiger charge is -2.35. The van der Waals surface area contributed by atoms with Crippen LogP contribution in [0.5, 0.6) is 11.5 Å². The molecule has 8 rings (SSSR count). The first-order chi connectivity index (χ1) is 24.0. The van der Waals surface area contributed by atoms with E-state index in [1.165, 1.54) is 10.9 Å². The lowest BCUT2D eigenvalue weighted by atomic mass is 9.74. The normalized spacial score (nSPS) is 20.3. The first-order valence-corrected chi connectivity index (χ1v) is 17.2. The van der Waals surface area contributed by atoms with Crippen molar-refractivity contribution in [1.82, 2.24) is 9.55 Å². The van der Waals surface area contributed by atoms with Gasteiger partial charge in [0, 0.05) is 31.3 Å². The third-order valence-corrected chi connectivity index (χ3v) is 10.6. The van der Waals surface area contributed by atoms with E-state index >= 15 is 0 Å². The van der Waals surface area contributed by atoms with Gasteiger partial charge in [-0.25, -0.2) is 9.98 Å². The van der Waals surface area contributed by atoms with Gasteiger partial charge in [0.1, 0.15) is 28.8 Å². The summed E-state index contributed by atoms with van der Waals surface area (Å²) in [6, 6.07) is 25.5. The molecule has 0 saturated heterocycles. The number of fused-ring (bicyclic) bond motifs is 6. The zero-order valence-electron chi connectivity index (χ0n) is 31.9. The minimum absolute atomic E-state index is 0.0290. The lowest BCUT2D eigenvalue weighted by Crippen LogP contribution is -2.37. The number of hydrogen-bond donors (Lipinski definition) is 0. The number of hydrogen-bond acceptors (Lipinski definition) is 4. The molecule has 2 atom stereocenters. The van der Waals surface area contributed by atoms with E-state index in [-0.39, 0.29) is 11.8 Å². The molecule has 1 aliphatic carbocycles. The van der Waals surface area contributed by atoms with Crippen LogP contribution in [0, 0.1) is 34.6 Å². The van der Waals surface area contributed by atoms with E-state index in [1.807, 2.05) is 38.2 Å². The first-order valence-electron chi connectivity index (χ1n) is 18.2. The van der Waals surface area contributed by atoms with E-state index in [0.717, 1.165) is 78.2 Å². The fraction of sp³-hybridized carbons (Fsp3) is 0.318. The molecule has 1 aliphatic heterocycles. The van der Waals surface area contributed by atoms with Gasteiger partial charge in [-0.05, 0) is 147 Å². The molecule has 0 unspecified atom stereocenters. The lowest BCUT2D eigenvalue weighted by molar-refractivity contribution is 0.126. The highest BCUT2D eigenvalue weighted by molar-refractivity contribution is 6.08. The Balaban J connectivity index is 1.19. The average Bonchev–Trinajstić information content (AvgIpc) is 3.57. The molecule has 6 aromatic rings. The molecule has 2 aliphatic rings. The first kappa shape index (κ1) is 29.1. The zero-order valence-corrected chi connectivity index (χ0v) is 29.9. The Hall–Kier alpha value is -4.90. The summed E-state index contributed by atoms with van der Waals surface area (Å²) in [7, 11) is 0. The van der Waals surface area contributed by atoms with Gasteiger partial charge in [-0.3, -0.25) is 4.57 Å². The maximum absolute atomic E-state index is 9.00. The van der Waals surface area contributed by atoms with Crippen molar-refractivity contribution in [1.29, 1.82) is 0 Å². The minimum Gasteiger partial charge on any atom is -0.471 e. The Morgan fingerprint density at radius 1 is 0.898 bits per heavy atom. The standard InChI is InChI=1S/C44H45N3O2/c1-25-19-31(47-38-16-13-30(43(6,7)8)22-36(38)34-11-10-18-45-41(34)47)23-32(20-25)48-39-24-35(27(3)21-28(39)4)42-46-44(9)37-15-12-26(2)29(5)33(37)14-17-40(44)49-42/h10-13,15-16,18-24,40H,14,17H2,1-9H3/t40-,44+/m0/s1/i14D2. The highest BCUT2D eigenvalue weighted by atomic mass is 16.5. The maximum atomic E-state index is 9.00. The van der Waals surface area contributed by atoms with Crippen LogP contribution in [0.4, 0.5) is 0 Å². The van der Waals surface area contributed by atoms with Crippen molar-refractivity contribution in [3.05, 3.63) is 129 Å². The Morgan fingerprint density at radius 3 is 2.51 bits per heavy atom. The highest BCUT2D eigenvalue weighted by Crippen LogP contribution is 2.46. The van der Waals surface area contributed by atoms with Gasteiger partial charge >= 0.3 is 0 Å². The number of rotatable bonds is 4. The molecule has 248 valence electrons. The van der Waals surface area contributed by atoms with Gasteiger partial charge < -0.3 is 9.47 Å². The molecule has 0 N–H and O–H groups in total. The molecule has 3 heterocycles. The van der Waals surface area contributed by atoms with Gasteiger partial charge in [-0.1, -0.05) is 45.0 Å². The van der Waals surface area contributed by atoms with Crippen molar-refractivity contribution < 1.29 is 12.2 Å². The molecule has 0 radical (unpaired) electrons. The average molecular weight is 650 g/mol. The molecule has 4 aromatic carbocycles. The van der Waals surface area contributed by atoms with Crippen LogP contribution in [-0.2, 0) is 22.1 Å². The van der Waals surface area contributed by atoms with Crippen LogP contribution in [0.2, 0.25) is 0 Å². The number of nitrogens with zero attached hydrogens (tertiary/aromatic N) is 3. The predicted molar refractivity (Wildman–Crippen MR) is 201 cm³/mol. The quantitative estimate of drug-likeness (QED) is 0.191. The van der Waals surface area contributed by atoms with Crippen molar-refractivity contribution >= 4 is 27.8 Å². The Bertz CT molecular complexity index is 2450. The van der Waals surface area contributed by atoms with E-state index in [0.29, 0.717) is 5.90 Å². The van der Waals surface area contributed by atoms with Crippen molar-refractivity contribution in [2.45, 2.75) is 92.2 Å². The third kappa shape index (κ3) is 5.05. The molecule has 0 saturated carbocycles. The van der Waals surface area contributed by atoms with Crippen LogP contribution in [0.3, 0.4) is 0 Å². The van der Waals surface area contributed by atoms with E-state index in [2.05, 4.69) is 108 Å². The van der Waals surface area contributed by atoms with Crippen molar-refractivity contribution in [2.24, 2.45) is 4.99 Å². The Labute approximate surface area is 292 Å². The summed E-state index contributed by atoms with van der Waals surface area (Å²) >= 11 is 0. The van der Waals surface area contributed by atoms with Gasteiger partial charge in [-0.15, -0.1) is 0 Å². The summed E-state index contributed by atoms with van der Waals surface area (Å²) in [5.74, 6) is 1.97. The second-order valence-electron chi connectivity index (χ2n) is 15.2. The topological polar surface area (TPSA) is 48.6 Å². The van der Waals surface area contributed by atoms with E-state index in [1.54, 1.807) is 0 Å². The van der Waals surface area contributed by atoms with Crippen LogP contribution in [0.1, 0.15) is 86.9 Å². The highest BCUT2D eigenvalue weighted by Gasteiger charge is 2.48. The van der Waals surface area contributed by atoms with E-state index in [9.17, 15) is 0 Å². The molecule has 0 spiro atoms. The largest absolute Gasteiger partial charge is 0.471 e.